The number of carbonyl (C=O) groups is 1. The Morgan fingerprint density at radius 3 is 2.35 bits per heavy atom. The minimum Gasteiger partial charge on any atom is -0.322 e. The van der Waals surface area contributed by atoms with Crippen LogP contribution in [0, 0.1) is 0 Å². The number of pyridine rings is 1. The SMILES string of the molecule is O=C(Nc1cccc(-c2csc(-c3cccnc3)n2)c1)/C(=C\c1ccccc1)c1ccccc1. The van der Waals surface area contributed by atoms with Gasteiger partial charge in [0, 0.05) is 40.2 Å². The molecular weight excluding hydrogens is 438 g/mol. The first kappa shape index (κ1) is 21.5. The maximum absolute atomic E-state index is 13.4. The third-order valence-electron chi connectivity index (χ3n) is 5.27. The minimum atomic E-state index is -0.165. The third-order valence-corrected chi connectivity index (χ3v) is 6.16. The van der Waals surface area contributed by atoms with Gasteiger partial charge in [0.25, 0.3) is 5.91 Å². The molecule has 4 nitrogen and oxygen atoms in total. The van der Waals surface area contributed by atoms with Crippen molar-refractivity contribution in [1.82, 2.24) is 9.97 Å². The molecule has 0 saturated carbocycles. The van der Waals surface area contributed by atoms with Crippen LogP contribution in [-0.2, 0) is 4.79 Å². The molecule has 0 bridgehead atoms. The van der Waals surface area contributed by atoms with Crippen LogP contribution in [0.4, 0.5) is 5.69 Å². The standard InChI is InChI=1S/C29H21N3OS/c33-28(26(22-11-5-2-6-12-22)17-21-9-3-1-4-10-21)31-25-15-7-13-23(18-25)27-20-34-29(32-27)24-14-8-16-30-19-24/h1-20H,(H,31,33)/b26-17-. The number of nitrogens with zero attached hydrogens (tertiary/aromatic N) is 2. The van der Waals surface area contributed by atoms with Crippen molar-refractivity contribution < 1.29 is 4.79 Å². The van der Waals surface area contributed by atoms with Crippen LogP contribution in [-0.4, -0.2) is 15.9 Å². The maximum atomic E-state index is 13.4. The monoisotopic (exact) mass is 459 g/mol. The van der Waals surface area contributed by atoms with E-state index in [-0.39, 0.29) is 5.91 Å². The first-order valence-electron chi connectivity index (χ1n) is 10.9. The Hall–Kier alpha value is -4.35. The highest BCUT2D eigenvalue weighted by atomic mass is 32.1. The van der Waals surface area contributed by atoms with Gasteiger partial charge in [-0.2, -0.15) is 0 Å². The van der Waals surface area contributed by atoms with Crippen LogP contribution in [0.1, 0.15) is 11.1 Å². The fourth-order valence-electron chi connectivity index (χ4n) is 3.60. The number of anilines is 1. The van der Waals surface area contributed by atoms with Gasteiger partial charge in [-0.25, -0.2) is 4.98 Å². The fourth-order valence-corrected chi connectivity index (χ4v) is 4.42. The second kappa shape index (κ2) is 10.1. The lowest BCUT2D eigenvalue weighted by molar-refractivity contribution is -0.111. The van der Waals surface area contributed by atoms with E-state index in [1.807, 2.05) is 115 Å². The Morgan fingerprint density at radius 1 is 0.824 bits per heavy atom. The number of thiazole rings is 1. The van der Waals surface area contributed by atoms with Gasteiger partial charge in [0.15, 0.2) is 0 Å². The molecule has 0 unspecified atom stereocenters. The van der Waals surface area contributed by atoms with Crippen molar-refractivity contribution in [3.63, 3.8) is 0 Å². The summed E-state index contributed by atoms with van der Waals surface area (Å²) in [6.45, 7) is 0. The van der Waals surface area contributed by atoms with Crippen molar-refractivity contribution in [2.45, 2.75) is 0 Å². The summed E-state index contributed by atoms with van der Waals surface area (Å²) in [4.78, 5) is 22.3. The number of nitrogens with one attached hydrogen (secondary N) is 1. The number of rotatable bonds is 6. The van der Waals surface area contributed by atoms with Crippen LogP contribution >= 0.6 is 11.3 Å². The molecule has 0 aliphatic rings. The highest BCUT2D eigenvalue weighted by Crippen LogP contribution is 2.30. The molecule has 0 aliphatic carbocycles. The Morgan fingerprint density at radius 2 is 1.59 bits per heavy atom. The quantitative estimate of drug-likeness (QED) is 0.219. The predicted molar refractivity (Wildman–Crippen MR) is 140 cm³/mol. The molecule has 164 valence electrons. The summed E-state index contributed by atoms with van der Waals surface area (Å²) in [5.41, 5.74) is 5.94. The predicted octanol–water partition coefficient (Wildman–Crippen LogP) is 7.05. The minimum absolute atomic E-state index is 0.165. The summed E-state index contributed by atoms with van der Waals surface area (Å²) in [6, 6.07) is 31.2. The normalized spacial score (nSPS) is 11.2. The Kier molecular flexibility index (Phi) is 6.36. The zero-order chi connectivity index (χ0) is 23.2. The molecule has 2 aromatic heterocycles. The highest BCUT2D eigenvalue weighted by molar-refractivity contribution is 7.13. The molecule has 0 atom stereocenters. The van der Waals surface area contributed by atoms with Gasteiger partial charge in [-0.05, 0) is 41.5 Å². The topological polar surface area (TPSA) is 54.9 Å². The van der Waals surface area contributed by atoms with Crippen molar-refractivity contribution in [1.29, 1.82) is 0 Å². The van der Waals surface area contributed by atoms with E-state index in [2.05, 4.69) is 10.3 Å². The van der Waals surface area contributed by atoms with Crippen LogP contribution in [0.15, 0.2) is 115 Å². The lowest BCUT2D eigenvalue weighted by Crippen LogP contribution is -2.13. The van der Waals surface area contributed by atoms with Crippen LogP contribution < -0.4 is 5.32 Å². The molecule has 2 heterocycles. The molecule has 0 aliphatic heterocycles. The van der Waals surface area contributed by atoms with Crippen LogP contribution in [0.25, 0.3) is 33.5 Å². The van der Waals surface area contributed by atoms with Gasteiger partial charge >= 0.3 is 0 Å². The van der Waals surface area contributed by atoms with Crippen molar-refractivity contribution in [2.24, 2.45) is 0 Å². The summed E-state index contributed by atoms with van der Waals surface area (Å²) in [5, 5.41) is 6.00. The molecule has 0 radical (unpaired) electrons. The molecule has 5 aromatic rings. The summed E-state index contributed by atoms with van der Waals surface area (Å²) in [6.07, 6.45) is 5.47. The lowest BCUT2D eigenvalue weighted by atomic mass is 10.0. The molecular formula is C29H21N3OS. The molecule has 5 rings (SSSR count). The molecule has 1 N–H and O–H groups in total. The lowest BCUT2D eigenvalue weighted by Gasteiger charge is -2.11. The second-order valence-corrected chi connectivity index (χ2v) is 8.51. The smallest absolute Gasteiger partial charge is 0.256 e. The van der Waals surface area contributed by atoms with E-state index in [1.54, 1.807) is 17.5 Å². The summed E-state index contributed by atoms with van der Waals surface area (Å²) < 4.78 is 0. The maximum Gasteiger partial charge on any atom is 0.256 e. The fraction of sp³-hybridized carbons (Fsp3) is 0. The van der Waals surface area contributed by atoms with E-state index in [0.717, 1.165) is 33.0 Å². The highest BCUT2D eigenvalue weighted by Gasteiger charge is 2.14. The van der Waals surface area contributed by atoms with Gasteiger partial charge in [-0.3, -0.25) is 9.78 Å². The van der Waals surface area contributed by atoms with E-state index in [9.17, 15) is 4.79 Å². The molecule has 0 fully saturated rings. The number of amides is 1. The van der Waals surface area contributed by atoms with E-state index in [1.165, 1.54) is 0 Å². The van der Waals surface area contributed by atoms with Crippen molar-refractivity contribution >= 4 is 34.6 Å². The van der Waals surface area contributed by atoms with Crippen LogP contribution in [0.2, 0.25) is 0 Å². The van der Waals surface area contributed by atoms with Crippen LogP contribution in [0.3, 0.4) is 0 Å². The molecule has 34 heavy (non-hydrogen) atoms. The Bertz CT molecular complexity index is 1430. The third kappa shape index (κ3) is 5.00. The largest absolute Gasteiger partial charge is 0.322 e. The average molecular weight is 460 g/mol. The number of benzene rings is 3. The van der Waals surface area contributed by atoms with E-state index < -0.39 is 0 Å². The zero-order valence-corrected chi connectivity index (χ0v) is 19.1. The van der Waals surface area contributed by atoms with Gasteiger partial charge in [0.2, 0.25) is 0 Å². The van der Waals surface area contributed by atoms with Crippen molar-refractivity contribution in [2.75, 3.05) is 5.32 Å². The van der Waals surface area contributed by atoms with Gasteiger partial charge in [0.1, 0.15) is 5.01 Å². The number of hydrogen-bond donors (Lipinski definition) is 1. The van der Waals surface area contributed by atoms with Gasteiger partial charge in [0.05, 0.1) is 5.69 Å². The summed E-state index contributed by atoms with van der Waals surface area (Å²) >= 11 is 1.57. The first-order chi connectivity index (χ1) is 16.8. The summed E-state index contributed by atoms with van der Waals surface area (Å²) in [5.74, 6) is -0.165. The number of aromatic nitrogens is 2. The van der Waals surface area contributed by atoms with Gasteiger partial charge < -0.3 is 5.32 Å². The first-order valence-corrected chi connectivity index (χ1v) is 11.7. The van der Waals surface area contributed by atoms with E-state index >= 15 is 0 Å². The molecule has 3 aromatic carbocycles. The van der Waals surface area contributed by atoms with Crippen LogP contribution in [0.5, 0.6) is 0 Å². The molecule has 5 heteroatoms. The van der Waals surface area contributed by atoms with E-state index in [4.69, 9.17) is 4.98 Å². The molecule has 0 saturated heterocycles. The van der Waals surface area contributed by atoms with Gasteiger partial charge in [-0.15, -0.1) is 11.3 Å². The zero-order valence-electron chi connectivity index (χ0n) is 18.3. The van der Waals surface area contributed by atoms with Crippen molar-refractivity contribution in [3.05, 3.63) is 126 Å². The number of hydrogen-bond acceptors (Lipinski definition) is 4. The molecule has 1 amide bonds. The number of carbonyl (C=O) groups excluding carboxylic acids is 1. The molecule has 0 spiro atoms. The second-order valence-electron chi connectivity index (χ2n) is 7.65. The Balaban J connectivity index is 1.42. The van der Waals surface area contributed by atoms with Crippen molar-refractivity contribution in [3.8, 4) is 21.8 Å². The summed E-state index contributed by atoms with van der Waals surface area (Å²) in [7, 11) is 0. The van der Waals surface area contributed by atoms with Gasteiger partial charge in [-0.1, -0.05) is 72.8 Å². The average Bonchev–Trinajstić information content (AvgIpc) is 3.40. The Labute approximate surface area is 202 Å². The van der Waals surface area contributed by atoms with E-state index in [0.29, 0.717) is 11.3 Å².